The molecule has 35 nitrogen and oxygen atoms in total. The van der Waals surface area contributed by atoms with E-state index in [1.807, 2.05) is 192 Å². The van der Waals surface area contributed by atoms with Crippen molar-refractivity contribution in [1.82, 2.24) is 55.7 Å². The summed E-state index contributed by atoms with van der Waals surface area (Å²) in [6, 6.07) is 32.8. The summed E-state index contributed by atoms with van der Waals surface area (Å²) in [6.07, 6.45) is 11.2. The van der Waals surface area contributed by atoms with Crippen LogP contribution in [-0.2, 0) is 98.5 Å². The van der Waals surface area contributed by atoms with Crippen molar-refractivity contribution in [2.75, 3.05) is 185 Å². The lowest BCUT2D eigenvalue weighted by atomic mass is 9.85. The van der Waals surface area contributed by atoms with Crippen molar-refractivity contribution in [3.8, 4) is 32.4 Å². The Labute approximate surface area is 845 Å². The largest absolute Gasteiger partial charge is 0.491 e. The standard InChI is InChI=1S/C53H70N6O11S.C30H40N2O9.C23H32N4O3S/c1-36-31-55-44(28-39-7-8-43-32-54-14-13-42(43)27-39)29-47(36)70-26-25-68-22-21-66-18-17-64-15-16-65-19-20-67-23-24-69-34-48(61)58-50(53(4,5)6)52(63)59-33-45(60)30-46(59)51(62)57-37(2)40-9-11-41(12-10-40)49-38(3)56-35-71-49;1-24-21-32-28(19-25-2-3-27-22-31-5-4-26(27)18-25)20-29(24)41-17-16-39-13-12-37-9-8-35-6-7-36-10-11-38-14-15-40-23-30(33)34;1-13(15-6-8-16(9-7-15)19-14(2)25-12-31-19)26-21(29)18-10-17(28)11-27(18)22(30)20(24)23(3,4)5/h7-14,27,29,31-32,35,37,45-46,50,60H,15-26,28,30,33-34H2,1-6H3,(H,57,62)(H,58,61);2-5,18,20-22H,6-17,19,23H2,1H3,(H,33,34);6-9,12-13,17-18,20,28H,10-11,24H2,1-5H3,(H,26,29)/t37-,45+,46-,50+;;13-,17+,18?,20+/m0.0/s1. The van der Waals surface area contributed by atoms with Gasteiger partial charge in [0.25, 0.3) is 0 Å². The number of carbonyl (C=O) groups is 6. The molecule has 12 rings (SSSR count). The fourth-order valence-corrected chi connectivity index (χ4v) is 17.0. The van der Waals surface area contributed by atoms with Crippen molar-refractivity contribution >= 4 is 79.7 Å². The Hall–Kier alpha value is -10.9. The van der Waals surface area contributed by atoms with Crippen molar-refractivity contribution in [2.24, 2.45) is 16.6 Å². The highest BCUT2D eigenvalue weighted by molar-refractivity contribution is 7.13. The predicted molar refractivity (Wildman–Crippen MR) is 544 cm³/mol. The molecule has 2 fully saturated rings. The highest BCUT2D eigenvalue weighted by atomic mass is 32.1. The normalized spacial score (nSPS) is 15.6. The van der Waals surface area contributed by atoms with Gasteiger partial charge in [0.2, 0.25) is 29.5 Å². The number of hydrogen-bond acceptors (Lipinski definition) is 31. The Kier molecular flexibility index (Phi) is 47.9. The zero-order chi connectivity index (χ0) is 102. The van der Waals surface area contributed by atoms with Gasteiger partial charge in [0.05, 0.1) is 208 Å². The summed E-state index contributed by atoms with van der Waals surface area (Å²) in [5, 5.41) is 42.5. The second-order valence-corrected chi connectivity index (χ2v) is 38.6. The number of hydrogen-bond donors (Lipinski definition) is 7. The number of ether oxygens (including phenoxy) is 14. The summed E-state index contributed by atoms with van der Waals surface area (Å²) in [5.41, 5.74) is 20.8. The Morgan fingerprint density at radius 3 is 1.11 bits per heavy atom. The molecule has 37 heteroatoms. The van der Waals surface area contributed by atoms with Crippen LogP contribution in [-0.4, -0.2) is 312 Å². The number of aryl methyl sites for hydroxylation is 4. The monoisotopic (exact) mass is 2010 g/mol. The number of nitrogens with one attached hydrogen (secondary N) is 3. The van der Waals surface area contributed by atoms with Crippen LogP contribution in [0.1, 0.15) is 136 Å². The van der Waals surface area contributed by atoms with Gasteiger partial charge in [-0.3, -0.25) is 43.9 Å². The third-order valence-corrected chi connectivity index (χ3v) is 25.4. The number of aliphatic hydroxyl groups is 2. The van der Waals surface area contributed by atoms with Gasteiger partial charge in [-0.2, -0.15) is 0 Å². The highest BCUT2D eigenvalue weighted by Crippen LogP contribution is 2.34. The van der Waals surface area contributed by atoms with E-state index in [0.717, 1.165) is 100.0 Å². The molecule has 6 aromatic heterocycles. The molecule has 776 valence electrons. The molecule has 2 aliphatic heterocycles. The van der Waals surface area contributed by atoms with Crippen LogP contribution in [0.4, 0.5) is 0 Å². The number of benzene rings is 4. The highest BCUT2D eigenvalue weighted by Gasteiger charge is 2.46. The first-order chi connectivity index (χ1) is 68.9. The van der Waals surface area contributed by atoms with Gasteiger partial charge in [0.1, 0.15) is 56.1 Å². The Morgan fingerprint density at radius 1 is 0.420 bits per heavy atom. The van der Waals surface area contributed by atoms with Crippen LogP contribution in [0.15, 0.2) is 157 Å². The van der Waals surface area contributed by atoms with E-state index in [1.165, 1.54) is 26.3 Å². The number of likely N-dealkylation sites (tertiary alicyclic amines) is 2. The van der Waals surface area contributed by atoms with Crippen molar-refractivity contribution in [2.45, 2.75) is 157 Å². The zero-order valence-corrected chi connectivity index (χ0v) is 85.9. The minimum atomic E-state index is -0.994. The van der Waals surface area contributed by atoms with E-state index in [2.05, 4.69) is 82.3 Å². The second kappa shape index (κ2) is 60.1. The number of aliphatic carboxylic acids is 1. The summed E-state index contributed by atoms with van der Waals surface area (Å²) in [4.78, 5) is 108. The molecular formula is C106H142N12O23S2. The second-order valence-electron chi connectivity index (χ2n) is 36.9. The Balaban J connectivity index is 0.000000245. The van der Waals surface area contributed by atoms with E-state index in [-0.39, 0.29) is 88.8 Å². The van der Waals surface area contributed by atoms with Crippen molar-refractivity contribution in [1.29, 1.82) is 0 Å². The average molecular weight is 2020 g/mol. The number of fused-ring (bicyclic) bond motifs is 2. The van der Waals surface area contributed by atoms with E-state index in [9.17, 15) is 39.0 Å². The van der Waals surface area contributed by atoms with Gasteiger partial charge in [-0.1, -0.05) is 126 Å². The number of nitrogens with zero attached hydrogens (tertiary/aromatic N) is 8. The van der Waals surface area contributed by atoms with Crippen molar-refractivity contribution in [3.63, 3.8) is 0 Å². The fourth-order valence-electron chi connectivity index (χ4n) is 15.4. The van der Waals surface area contributed by atoms with Gasteiger partial charge >= 0.3 is 5.97 Å². The summed E-state index contributed by atoms with van der Waals surface area (Å²) >= 11 is 3.17. The molecule has 8 N–H and O–H groups in total. The molecule has 0 radical (unpaired) electrons. The summed E-state index contributed by atoms with van der Waals surface area (Å²) < 4.78 is 77.5. The van der Waals surface area contributed by atoms with Crippen LogP contribution < -0.4 is 31.2 Å². The van der Waals surface area contributed by atoms with Gasteiger partial charge < -0.3 is 113 Å². The number of rotatable bonds is 57. The predicted octanol–water partition coefficient (Wildman–Crippen LogP) is 11.5. The minimum Gasteiger partial charge on any atom is -0.491 e. The molecule has 1 unspecified atom stereocenters. The Bertz CT molecular complexity index is 5550. The summed E-state index contributed by atoms with van der Waals surface area (Å²) in [5.74, 6) is -1.26. The summed E-state index contributed by atoms with van der Waals surface area (Å²) in [6.45, 7) is 32.1. The molecule has 2 saturated heterocycles. The van der Waals surface area contributed by atoms with Crippen LogP contribution >= 0.6 is 22.7 Å². The minimum absolute atomic E-state index is 0.0190. The van der Waals surface area contributed by atoms with Gasteiger partial charge in [0.15, 0.2) is 0 Å². The first-order valence-electron chi connectivity index (χ1n) is 48.5. The third kappa shape index (κ3) is 38.9. The van der Waals surface area contributed by atoms with Crippen LogP contribution in [0, 0.1) is 38.5 Å². The summed E-state index contributed by atoms with van der Waals surface area (Å²) in [7, 11) is 0. The van der Waals surface area contributed by atoms with Crippen LogP contribution in [0.25, 0.3) is 42.4 Å². The van der Waals surface area contributed by atoms with E-state index in [0.29, 0.717) is 145 Å². The molecule has 0 spiro atoms. The van der Waals surface area contributed by atoms with Crippen LogP contribution in [0.5, 0.6) is 11.5 Å². The SMILES string of the molecule is Cc1cnc(Cc2ccc3cnccc3c2)cc1OCCOCCOCCOCCOCCOCCOCC(=O)N[C@H](C(=O)N1C[C@H](O)C[C@H]1C(=O)N[C@@H](C)c1ccc(-c2scnc2C)cc1)C(C)(C)C.Cc1cnc(Cc2ccc3cnccc3c2)cc1OCCOCCOCCOCCOCCOCCOCC(=O)O.Cc1ncsc1-c1ccc([C@H](C)NC(=O)C2C[C@@H](O)CN2C(=O)[C@@H](N)C(C)(C)C)cc1. The van der Waals surface area contributed by atoms with Crippen molar-refractivity contribution < 1.29 is 110 Å². The number of amides is 5. The van der Waals surface area contributed by atoms with Gasteiger partial charge in [-0.05, 0) is 109 Å². The number of aliphatic hydroxyl groups excluding tert-OH is 2. The quantitative estimate of drug-likeness (QED) is 0.0174. The Morgan fingerprint density at radius 2 is 0.769 bits per heavy atom. The number of carboxylic acid groups (broad SMARTS) is 1. The number of pyridine rings is 4. The lowest BCUT2D eigenvalue weighted by Crippen LogP contribution is -2.58. The van der Waals surface area contributed by atoms with Gasteiger partial charge in [-0.15, -0.1) is 22.7 Å². The zero-order valence-electron chi connectivity index (χ0n) is 84.2. The topological polar surface area (TPSA) is 438 Å². The van der Waals surface area contributed by atoms with E-state index >= 15 is 0 Å². The lowest BCUT2D eigenvalue weighted by Gasteiger charge is -2.35. The van der Waals surface area contributed by atoms with Gasteiger partial charge in [0, 0.05) is 121 Å². The number of thiazole rings is 2. The number of carbonyl (C=O) groups excluding carboxylic acids is 5. The maximum Gasteiger partial charge on any atom is 0.329 e. The van der Waals surface area contributed by atoms with Crippen LogP contribution in [0.2, 0.25) is 0 Å². The first kappa shape index (κ1) is 114. The number of aromatic nitrogens is 6. The fraction of sp³-hybridized carbons (Fsp3) is 0.509. The molecule has 8 atom stereocenters. The molecule has 0 bridgehead atoms. The number of nitrogens with two attached hydrogens (primary N) is 1. The van der Waals surface area contributed by atoms with E-state index in [4.69, 9.17) is 77.2 Å². The molecule has 4 aromatic carbocycles. The number of β-amino-alcohol motifs (C(OH)–C–C–N with tert-alkyl or cyclic N) is 2. The van der Waals surface area contributed by atoms with E-state index in [1.54, 1.807) is 35.1 Å². The molecule has 0 saturated carbocycles. The molecular weight excluding hydrogens is 1870 g/mol. The molecule has 5 amide bonds. The molecule has 10 aromatic rings. The number of carboxylic acids is 1. The molecule has 0 aliphatic carbocycles. The third-order valence-electron chi connectivity index (χ3n) is 23.5. The average Bonchev–Trinajstić information content (AvgIpc) is 1.66. The first-order valence-corrected chi connectivity index (χ1v) is 50.2. The maximum absolute atomic E-state index is 14.0. The van der Waals surface area contributed by atoms with Gasteiger partial charge in [-0.25, -0.2) is 14.8 Å². The maximum atomic E-state index is 14.0. The molecule has 2 aliphatic rings. The molecule has 8 heterocycles. The lowest BCUT2D eigenvalue weighted by molar-refractivity contribution is -0.144. The van der Waals surface area contributed by atoms with E-state index < -0.39 is 65.0 Å². The van der Waals surface area contributed by atoms with Crippen LogP contribution in [0.3, 0.4) is 0 Å². The smallest absolute Gasteiger partial charge is 0.329 e. The van der Waals surface area contributed by atoms with Crippen molar-refractivity contribution in [3.05, 3.63) is 214 Å². The molecule has 143 heavy (non-hydrogen) atoms.